The third kappa shape index (κ3) is 4.39. The van der Waals surface area contributed by atoms with Crippen LogP contribution in [0.1, 0.15) is 33.1 Å². The van der Waals surface area contributed by atoms with Crippen LogP contribution in [-0.2, 0) is 10.0 Å². The number of aliphatic hydroxyl groups is 1. The maximum absolute atomic E-state index is 11.6. The summed E-state index contributed by atoms with van der Waals surface area (Å²) >= 11 is 0. The van der Waals surface area contributed by atoms with Crippen molar-refractivity contribution in [2.75, 3.05) is 20.2 Å². The molecule has 0 heterocycles. The van der Waals surface area contributed by atoms with Gasteiger partial charge in [0, 0.05) is 20.2 Å². The fourth-order valence-corrected chi connectivity index (χ4v) is 2.21. The molecule has 0 unspecified atom stereocenters. The first-order chi connectivity index (χ1) is 6.42. The average molecular weight is 223 g/mol. The van der Waals surface area contributed by atoms with E-state index in [1.54, 1.807) is 20.9 Å². The average Bonchev–Trinajstić information content (AvgIpc) is 2.11. The summed E-state index contributed by atoms with van der Waals surface area (Å²) in [6, 6.07) is 0. The number of hydrogen-bond acceptors (Lipinski definition) is 3. The first-order valence-electron chi connectivity index (χ1n) is 4.99. The lowest BCUT2D eigenvalue weighted by atomic mass is 10.2. The summed E-state index contributed by atoms with van der Waals surface area (Å²) in [6.45, 7) is 4.08. The molecule has 0 rings (SSSR count). The highest BCUT2D eigenvalue weighted by molar-refractivity contribution is 7.89. The molecule has 0 radical (unpaired) electrons. The molecule has 0 atom stereocenters. The minimum absolute atomic E-state index is 0.181. The molecule has 0 bridgehead atoms. The van der Waals surface area contributed by atoms with Crippen LogP contribution in [0.3, 0.4) is 0 Å². The van der Waals surface area contributed by atoms with Crippen molar-refractivity contribution in [3.63, 3.8) is 0 Å². The van der Waals surface area contributed by atoms with Crippen LogP contribution in [0.25, 0.3) is 0 Å². The Kier molecular flexibility index (Phi) is 6.31. The van der Waals surface area contributed by atoms with Crippen LogP contribution in [-0.4, -0.2) is 43.3 Å². The molecule has 0 fully saturated rings. The van der Waals surface area contributed by atoms with Gasteiger partial charge in [-0.15, -0.1) is 0 Å². The monoisotopic (exact) mass is 223 g/mol. The summed E-state index contributed by atoms with van der Waals surface area (Å²) in [6.07, 6.45) is 2.42. The Balaban J connectivity index is 3.90. The second kappa shape index (κ2) is 6.37. The molecule has 0 saturated heterocycles. The topological polar surface area (TPSA) is 57.6 Å². The zero-order valence-electron chi connectivity index (χ0n) is 9.23. The van der Waals surface area contributed by atoms with E-state index in [0.717, 1.165) is 19.3 Å². The molecule has 0 saturated carbocycles. The third-order valence-corrected chi connectivity index (χ3v) is 4.40. The van der Waals surface area contributed by atoms with E-state index >= 15 is 0 Å². The van der Waals surface area contributed by atoms with Crippen molar-refractivity contribution >= 4 is 10.0 Å². The van der Waals surface area contributed by atoms with Crippen molar-refractivity contribution in [2.45, 2.75) is 38.4 Å². The minimum atomic E-state index is -3.09. The fraction of sp³-hybridized carbons (Fsp3) is 1.00. The first kappa shape index (κ1) is 13.9. The van der Waals surface area contributed by atoms with Crippen molar-refractivity contribution < 1.29 is 13.5 Å². The fourth-order valence-electron chi connectivity index (χ4n) is 1.11. The van der Waals surface area contributed by atoms with Gasteiger partial charge in [-0.1, -0.05) is 0 Å². The predicted octanol–water partition coefficient (Wildman–Crippen LogP) is 0.819. The molecule has 0 amide bonds. The van der Waals surface area contributed by atoms with E-state index in [4.69, 9.17) is 5.11 Å². The number of sulfonamides is 1. The lowest BCUT2D eigenvalue weighted by Crippen LogP contribution is -2.33. The van der Waals surface area contributed by atoms with Crippen molar-refractivity contribution in [1.82, 2.24) is 4.31 Å². The summed E-state index contributed by atoms with van der Waals surface area (Å²) in [7, 11) is -1.49. The van der Waals surface area contributed by atoms with Gasteiger partial charge in [0.1, 0.15) is 0 Å². The van der Waals surface area contributed by atoms with Crippen LogP contribution >= 0.6 is 0 Å². The predicted molar refractivity (Wildman–Crippen MR) is 57.6 cm³/mol. The normalized spacial score (nSPS) is 12.7. The number of aliphatic hydroxyl groups excluding tert-OH is 1. The molecule has 1 N–H and O–H groups in total. The van der Waals surface area contributed by atoms with E-state index in [1.165, 1.54) is 4.31 Å². The summed E-state index contributed by atoms with van der Waals surface area (Å²) in [5.74, 6) is 0. The molecule has 0 aromatic carbocycles. The first-order valence-corrected chi connectivity index (χ1v) is 6.49. The molecule has 0 aliphatic carbocycles. The molecule has 0 spiro atoms. The minimum Gasteiger partial charge on any atom is -0.396 e. The van der Waals surface area contributed by atoms with Gasteiger partial charge in [-0.25, -0.2) is 12.7 Å². The Morgan fingerprint density at radius 2 is 1.79 bits per heavy atom. The van der Waals surface area contributed by atoms with Gasteiger partial charge >= 0.3 is 0 Å². The molecule has 5 heteroatoms. The van der Waals surface area contributed by atoms with E-state index in [0.29, 0.717) is 6.54 Å². The molecule has 86 valence electrons. The molecule has 4 nitrogen and oxygen atoms in total. The van der Waals surface area contributed by atoms with Gasteiger partial charge in [-0.3, -0.25) is 0 Å². The lowest BCUT2D eigenvalue weighted by molar-refractivity contribution is 0.281. The summed E-state index contributed by atoms with van der Waals surface area (Å²) in [5, 5.41) is 8.19. The highest BCUT2D eigenvalue weighted by atomic mass is 32.2. The van der Waals surface area contributed by atoms with Gasteiger partial charge in [0.2, 0.25) is 10.0 Å². The number of rotatable bonds is 7. The Hall–Kier alpha value is -0.130. The van der Waals surface area contributed by atoms with Crippen LogP contribution in [0.15, 0.2) is 0 Å². The van der Waals surface area contributed by atoms with Crippen molar-refractivity contribution in [1.29, 1.82) is 0 Å². The Morgan fingerprint density at radius 3 is 2.21 bits per heavy atom. The van der Waals surface area contributed by atoms with Crippen LogP contribution in [0.4, 0.5) is 0 Å². The van der Waals surface area contributed by atoms with Gasteiger partial charge in [-0.2, -0.15) is 0 Å². The van der Waals surface area contributed by atoms with Gasteiger partial charge in [0.05, 0.1) is 5.25 Å². The van der Waals surface area contributed by atoms with Gasteiger partial charge in [-0.05, 0) is 33.1 Å². The second-order valence-electron chi connectivity index (χ2n) is 3.70. The van der Waals surface area contributed by atoms with Crippen molar-refractivity contribution in [3.05, 3.63) is 0 Å². The molecule has 14 heavy (non-hydrogen) atoms. The van der Waals surface area contributed by atoms with Crippen LogP contribution in [0.5, 0.6) is 0 Å². The number of unbranched alkanes of at least 4 members (excludes halogenated alkanes) is 2. The molecule has 0 aliphatic heterocycles. The lowest BCUT2D eigenvalue weighted by Gasteiger charge is -2.19. The zero-order chi connectivity index (χ0) is 11.2. The van der Waals surface area contributed by atoms with Crippen LogP contribution in [0, 0.1) is 0 Å². The standard InChI is InChI=1S/C9H21NO3S/c1-9(2)14(12,13)10(3)7-5-4-6-8-11/h9,11H,4-8H2,1-3H3. The third-order valence-electron chi connectivity index (χ3n) is 2.16. The van der Waals surface area contributed by atoms with Crippen molar-refractivity contribution in [2.24, 2.45) is 0 Å². The number of nitrogens with zero attached hydrogens (tertiary/aromatic N) is 1. The van der Waals surface area contributed by atoms with Crippen LogP contribution < -0.4 is 0 Å². The van der Waals surface area contributed by atoms with E-state index < -0.39 is 10.0 Å². The largest absolute Gasteiger partial charge is 0.396 e. The quantitative estimate of drug-likeness (QED) is 0.650. The van der Waals surface area contributed by atoms with Crippen LogP contribution in [0.2, 0.25) is 0 Å². The highest BCUT2D eigenvalue weighted by Crippen LogP contribution is 2.07. The molecule has 0 aromatic rings. The molecular weight excluding hydrogens is 202 g/mol. The maximum atomic E-state index is 11.6. The van der Waals surface area contributed by atoms with Gasteiger partial charge in [0.15, 0.2) is 0 Å². The second-order valence-corrected chi connectivity index (χ2v) is 6.30. The SMILES string of the molecule is CC(C)S(=O)(=O)N(C)CCCCCO. The summed E-state index contributed by atoms with van der Waals surface area (Å²) < 4.78 is 24.5. The van der Waals surface area contributed by atoms with Crippen molar-refractivity contribution in [3.8, 4) is 0 Å². The molecule has 0 aliphatic rings. The van der Waals surface area contributed by atoms with Gasteiger partial charge in [0.25, 0.3) is 0 Å². The molecular formula is C9H21NO3S. The van der Waals surface area contributed by atoms with E-state index in [1.807, 2.05) is 0 Å². The number of hydrogen-bond donors (Lipinski definition) is 1. The summed E-state index contributed by atoms with van der Waals surface area (Å²) in [5.41, 5.74) is 0. The Morgan fingerprint density at radius 1 is 1.21 bits per heavy atom. The zero-order valence-corrected chi connectivity index (χ0v) is 10.0. The van der Waals surface area contributed by atoms with E-state index in [9.17, 15) is 8.42 Å². The summed E-state index contributed by atoms with van der Waals surface area (Å²) in [4.78, 5) is 0. The smallest absolute Gasteiger partial charge is 0.216 e. The van der Waals surface area contributed by atoms with E-state index in [-0.39, 0.29) is 11.9 Å². The molecule has 0 aromatic heterocycles. The maximum Gasteiger partial charge on any atom is 0.216 e. The Bertz CT molecular complexity index is 236. The van der Waals surface area contributed by atoms with Gasteiger partial charge < -0.3 is 5.11 Å². The Labute approximate surface area is 87.0 Å². The van der Waals surface area contributed by atoms with E-state index in [2.05, 4.69) is 0 Å². The highest BCUT2D eigenvalue weighted by Gasteiger charge is 2.21.